The van der Waals surface area contributed by atoms with Crippen molar-refractivity contribution in [2.45, 2.75) is 38.0 Å². The summed E-state index contributed by atoms with van der Waals surface area (Å²) in [6.07, 6.45) is 4.45. The maximum absolute atomic E-state index is 12.1. The fourth-order valence-electron chi connectivity index (χ4n) is 5.73. The lowest BCUT2D eigenvalue weighted by Crippen LogP contribution is -2.41. The van der Waals surface area contributed by atoms with Crippen LogP contribution in [0.25, 0.3) is 0 Å². The van der Waals surface area contributed by atoms with Gasteiger partial charge in [-0.05, 0) is 54.4 Å². The average Bonchev–Trinajstić information content (AvgIpc) is 2.78. The molecule has 1 aromatic rings. The minimum Gasteiger partial charge on any atom is -0.369 e. The number of hydrogen-bond donors (Lipinski definition) is 1. The SMILES string of the molecule is CC1C2CC3(c4ccccc4)CC1C(C(N)=O)(C2)C3. The summed E-state index contributed by atoms with van der Waals surface area (Å²) < 4.78 is 0. The van der Waals surface area contributed by atoms with Crippen molar-refractivity contribution in [3.8, 4) is 0 Å². The van der Waals surface area contributed by atoms with Crippen LogP contribution in [0.3, 0.4) is 0 Å². The lowest BCUT2D eigenvalue weighted by atomic mass is 9.62. The number of primary amides is 1. The maximum Gasteiger partial charge on any atom is 0.223 e. The van der Waals surface area contributed by atoms with E-state index in [9.17, 15) is 4.79 Å². The predicted molar refractivity (Wildman–Crippen MR) is 74.4 cm³/mol. The Hall–Kier alpha value is -1.31. The quantitative estimate of drug-likeness (QED) is 0.867. The van der Waals surface area contributed by atoms with E-state index in [1.54, 1.807) is 0 Å². The smallest absolute Gasteiger partial charge is 0.223 e. The van der Waals surface area contributed by atoms with Crippen LogP contribution in [-0.4, -0.2) is 5.91 Å². The summed E-state index contributed by atoms with van der Waals surface area (Å²) in [6, 6.07) is 10.8. The second-order valence-corrected chi connectivity index (χ2v) is 7.18. The van der Waals surface area contributed by atoms with Crippen LogP contribution in [0.15, 0.2) is 30.3 Å². The average molecular weight is 255 g/mol. The molecule has 0 aliphatic heterocycles. The molecule has 2 heteroatoms. The van der Waals surface area contributed by atoms with Gasteiger partial charge in [0, 0.05) is 0 Å². The molecule has 4 fully saturated rings. The van der Waals surface area contributed by atoms with Gasteiger partial charge in [-0.15, -0.1) is 0 Å². The number of carbonyl (C=O) groups excluding carboxylic acids is 1. The van der Waals surface area contributed by atoms with Crippen molar-refractivity contribution in [1.82, 2.24) is 0 Å². The van der Waals surface area contributed by atoms with Crippen molar-refractivity contribution < 1.29 is 4.79 Å². The Morgan fingerprint density at radius 3 is 2.58 bits per heavy atom. The zero-order chi connectivity index (χ0) is 13.3. The Morgan fingerprint density at radius 1 is 1.21 bits per heavy atom. The fraction of sp³-hybridized carbons (Fsp3) is 0.588. The molecular weight excluding hydrogens is 234 g/mol. The first-order valence-electron chi connectivity index (χ1n) is 7.43. The Kier molecular flexibility index (Phi) is 2.07. The van der Waals surface area contributed by atoms with Gasteiger partial charge in [-0.1, -0.05) is 37.3 Å². The molecule has 1 amide bonds. The fourth-order valence-corrected chi connectivity index (χ4v) is 5.73. The summed E-state index contributed by atoms with van der Waals surface area (Å²) in [4.78, 5) is 12.1. The molecule has 1 aromatic carbocycles. The molecule has 4 aliphatic rings. The van der Waals surface area contributed by atoms with Crippen molar-refractivity contribution in [3.63, 3.8) is 0 Å². The number of amides is 1. The highest BCUT2D eigenvalue weighted by Gasteiger charge is 2.69. The summed E-state index contributed by atoms with van der Waals surface area (Å²) in [7, 11) is 0. The van der Waals surface area contributed by atoms with Crippen LogP contribution in [0.4, 0.5) is 0 Å². The van der Waals surface area contributed by atoms with Gasteiger partial charge in [0.25, 0.3) is 0 Å². The first-order chi connectivity index (χ1) is 9.07. The third kappa shape index (κ3) is 1.25. The van der Waals surface area contributed by atoms with Gasteiger partial charge in [0.2, 0.25) is 5.91 Å². The minimum absolute atomic E-state index is 0.0376. The summed E-state index contributed by atoms with van der Waals surface area (Å²) in [5.74, 6) is 1.85. The molecule has 0 heterocycles. The molecule has 0 saturated heterocycles. The van der Waals surface area contributed by atoms with Gasteiger partial charge in [0.1, 0.15) is 0 Å². The van der Waals surface area contributed by atoms with Crippen molar-refractivity contribution in [2.24, 2.45) is 28.9 Å². The van der Waals surface area contributed by atoms with Crippen molar-refractivity contribution in [3.05, 3.63) is 35.9 Å². The highest BCUT2D eigenvalue weighted by molar-refractivity contribution is 5.83. The first kappa shape index (κ1) is 11.5. The molecule has 100 valence electrons. The molecule has 2 N–H and O–H groups in total. The summed E-state index contributed by atoms with van der Waals surface area (Å²) in [6.45, 7) is 2.33. The molecule has 4 bridgehead atoms. The van der Waals surface area contributed by atoms with E-state index in [0.717, 1.165) is 19.3 Å². The van der Waals surface area contributed by atoms with Gasteiger partial charge in [0.05, 0.1) is 5.41 Å². The summed E-state index contributed by atoms with van der Waals surface area (Å²) in [5.41, 5.74) is 7.28. The molecule has 0 spiro atoms. The van der Waals surface area contributed by atoms with Crippen molar-refractivity contribution >= 4 is 5.91 Å². The topological polar surface area (TPSA) is 43.1 Å². The second-order valence-electron chi connectivity index (χ2n) is 7.18. The highest BCUT2D eigenvalue weighted by atomic mass is 16.1. The second kappa shape index (κ2) is 3.41. The lowest BCUT2D eigenvalue weighted by Gasteiger charge is -2.42. The maximum atomic E-state index is 12.1. The van der Waals surface area contributed by atoms with Gasteiger partial charge in [-0.2, -0.15) is 0 Å². The molecule has 5 unspecified atom stereocenters. The first-order valence-corrected chi connectivity index (χ1v) is 7.43. The van der Waals surface area contributed by atoms with Crippen LogP contribution in [-0.2, 0) is 10.2 Å². The standard InChI is InChI=1S/C17H21NO/c1-11-12-7-16(13-5-3-2-4-6-13)9-14(11)17(8-12,10-16)15(18)19/h2-6,11-12,14H,7-10H2,1H3,(H2,18,19). The molecule has 0 radical (unpaired) electrons. The van der Waals surface area contributed by atoms with Gasteiger partial charge < -0.3 is 5.73 Å². The Balaban J connectivity index is 1.82. The number of carbonyl (C=O) groups is 1. The van der Waals surface area contributed by atoms with Gasteiger partial charge in [0.15, 0.2) is 0 Å². The zero-order valence-electron chi connectivity index (χ0n) is 11.4. The van der Waals surface area contributed by atoms with E-state index in [1.165, 1.54) is 12.0 Å². The molecule has 4 aliphatic carbocycles. The number of benzene rings is 1. The Labute approximate surface area is 114 Å². The molecule has 5 rings (SSSR count). The predicted octanol–water partition coefficient (Wildman–Crippen LogP) is 2.87. The monoisotopic (exact) mass is 255 g/mol. The van der Waals surface area contributed by atoms with E-state index < -0.39 is 0 Å². The van der Waals surface area contributed by atoms with Crippen molar-refractivity contribution in [1.29, 1.82) is 0 Å². The normalized spacial score (nSPS) is 46.7. The zero-order valence-corrected chi connectivity index (χ0v) is 11.4. The number of hydrogen-bond acceptors (Lipinski definition) is 1. The summed E-state index contributed by atoms with van der Waals surface area (Å²) >= 11 is 0. The number of nitrogens with two attached hydrogens (primary N) is 1. The van der Waals surface area contributed by atoms with E-state index >= 15 is 0 Å². The molecule has 0 aromatic heterocycles. The highest BCUT2D eigenvalue weighted by Crippen LogP contribution is 2.72. The van der Waals surface area contributed by atoms with E-state index in [1.807, 2.05) is 0 Å². The van der Waals surface area contributed by atoms with Crippen LogP contribution in [0.2, 0.25) is 0 Å². The van der Waals surface area contributed by atoms with Crippen LogP contribution < -0.4 is 5.73 Å². The number of rotatable bonds is 2. The van der Waals surface area contributed by atoms with Gasteiger partial charge >= 0.3 is 0 Å². The minimum atomic E-state index is -0.196. The van der Waals surface area contributed by atoms with E-state index in [0.29, 0.717) is 17.8 Å². The van der Waals surface area contributed by atoms with E-state index in [-0.39, 0.29) is 16.7 Å². The van der Waals surface area contributed by atoms with Crippen LogP contribution in [0.1, 0.15) is 38.2 Å². The molecule has 2 nitrogen and oxygen atoms in total. The molecular formula is C17H21NO. The molecule has 4 saturated carbocycles. The summed E-state index contributed by atoms with van der Waals surface area (Å²) in [5, 5.41) is 0. The van der Waals surface area contributed by atoms with Crippen LogP contribution in [0.5, 0.6) is 0 Å². The largest absolute Gasteiger partial charge is 0.369 e. The lowest BCUT2D eigenvalue weighted by molar-refractivity contribution is -0.129. The molecule has 19 heavy (non-hydrogen) atoms. The molecule has 5 atom stereocenters. The van der Waals surface area contributed by atoms with Gasteiger partial charge in [-0.25, -0.2) is 0 Å². The third-order valence-corrected chi connectivity index (χ3v) is 6.51. The van der Waals surface area contributed by atoms with E-state index in [4.69, 9.17) is 5.73 Å². The van der Waals surface area contributed by atoms with E-state index in [2.05, 4.69) is 37.3 Å². The van der Waals surface area contributed by atoms with Crippen LogP contribution in [0, 0.1) is 23.2 Å². The third-order valence-electron chi connectivity index (χ3n) is 6.51. The van der Waals surface area contributed by atoms with Gasteiger partial charge in [-0.3, -0.25) is 4.79 Å². The van der Waals surface area contributed by atoms with Crippen molar-refractivity contribution in [2.75, 3.05) is 0 Å². The Morgan fingerprint density at radius 2 is 1.95 bits per heavy atom. The Bertz CT molecular complexity index is 539. The van der Waals surface area contributed by atoms with Crippen LogP contribution >= 0.6 is 0 Å².